The van der Waals surface area contributed by atoms with Gasteiger partial charge in [-0.25, -0.2) is 4.98 Å². The lowest BCUT2D eigenvalue weighted by molar-refractivity contribution is -0.114. The summed E-state index contributed by atoms with van der Waals surface area (Å²) in [5.74, 6) is 0.931. The summed E-state index contributed by atoms with van der Waals surface area (Å²) in [6.45, 7) is 5.02. The zero-order valence-corrected chi connectivity index (χ0v) is 14.5. The third-order valence-corrected chi connectivity index (χ3v) is 4.09. The van der Waals surface area contributed by atoms with Crippen LogP contribution in [-0.2, 0) is 4.79 Å². The van der Waals surface area contributed by atoms with Gasteiger partial charge in [0.1, 0.15) is 5.82 Å². The van der Waals surface area contributed by atoms with Crippen LogP contribution in [0.25, 0.3) is 22.4 Å². The lowest BCUT2D eigenvalue weighted by Gasteiger charge is -2.10. The highest BCUT2D eigenvalue weighted by molar-refractivity contribution is 5.88. The highest BCUT2D eigenvalue weighted by Crippen LogP contribution is 2.17. The van der Waals surface area contributed by atoms with Crippen LogP contribution in [0, 0.1) is 13.8 Å². The molecule has 3 aromatic heterocycles. The standard InChI is InChI=1S/C18H16N6O2/c1-10-16-15(24-18(19-10)20-11(2)22-24)8-9-23(17(16)26)14-6-4-13(5-7-14)21-12(3)25/h4-9H,1-3H3,(H,21,25). The minimum Gasteiger partial charge on any atom is -0.326 e. The van der Waals surface area contributed by atoms with Crippen molar-refractivity contribution in [2.75, 3.05) is 5.32 Å². The van der Waals surface area contributed by atoms with Gasteiger partial charge < -0.3 is 5.32 Å². The average molecular weight is 348 g/mol. The van der Waals surface area contributed by atoms with Crippen molar-refractivity contribution in [1.29, 1.82) is 0 Å². The number of aryl methyl sites for hydroxylation is 2. The minimum absolute atomic E-state index is 0.144. The quantitative estimate of drug-likeness (QED) is 0.598. The molecule has 130 valence electrons. The van der Waals surface area contributed by atoms with E-state index in [2.05, 4.69) is 20.4 Å². The first-order valence-electron chi connectivity index (χ1n) is 8.07. The molecule has 0 saturated carbocycles. The molecule has 1 aromatic carbocycles. The van der Waals surface area contributed by atoms with E-state index in [-0.39, 0.29) is 11.5 Å². The van der Waals surface area contributed by atoms with Gasteiger partial charge in [-0.2, -0.15) is 9.50 Å². The van der Waals surface area contributed by atoms with Gasteiger partial charge in [-0.05, 0) is 44.2 Å². The van der Waals surface area contributed by atoms with E-state index in [0.29, 0.717) is 39.6 Å². The maximum atomic E-state index is 13.1. The molecule has 8 nitrogen and oxygen atoms in total. The number of carbonyl (C=O) groups excluding carboxylic acids is 1. The summed E-state index contributed by atoms with van der Waals surface area (Å²) >= 11 is 0. The molecule has 0 saturated heterocycles. The van der Waals surface area contributed by atoms with Crippen LogP contribution in [0.1, 0.15) is 18.4 Å². The second-order valence-corrected chi connectivity index (χ2v) is 6.05. The lowest BCUT2D eigenvalue weighted by atomic mass is 10.2. The predicted octanol–water partition coefficient (Wildman–Crippen LogP) is 2.00. The molecule has 0 bridgehead atoms. The molecule has 0 aliphatic carbocycles. The fourth-order valence-electron chi connectivity index (χ4n) is 3.00. The summed E-state index contributed by atoms with van der Waals surface area (Å²) in [6.07, 6.45) is 1.70. The Hall–Kier alpha value is -3.55. The van der Waals surface area contributed by atoms with Crippen LogP contribution in [0.5, 0.6) is 0 Å². The molecule has 8 heteroatoms. The zero-order chi connectivity index (χ0) is 18.4. The number of fused-ring (bicyclic) bond motifs is 3. The SMILES string of the molecule is CC(=O)Nc1ccc(-n2ccc3c(c(C)nc4nc(C)nn43)c2=O)cc1. The number of aromatic nitrogens is 5. The maximum Gasteiger partial charge on any atom is 0.266 e. The van der Waals surface area contributed by atoms with Gasteiger partial charge in [0, 0.05) is 24.5 Å². The third kappa shape index (κ3) is 2.52. The van der Waals surface area contributed by atoms with Crippen LogP contribution in [-0.4, -0.2) is 30.1 Å². The minimum atomic E-state index is -0.185. The number of hydrogen-bond donors (Lipinski definition) is 1. The Labute approximate surface area is 148 Å². The summed E-state index contributed by atoms with van der Waals surface area (Å²) in [4.78, 5) is 32.8. The second-order valence-electron chi connectivity index (χ2n) is 6.05. The smallest absolute Gasteiger partial charge is 0.266 e. The maximum absolute atomic E-state index is 13.1. The number of anilines is 1. The van der Waals surface area contributed by atoms with Crippen LogP contribution >= 0.6 is 0 Å². The molecule has 26 heavy (non-hydrogen) atoms. The van der Waals surface area contributed by atoms with Crippen molar-refractivity contribution in [1.82, 2.24) is 24.1 Å². The first kappa shape index (κ1) is 15.9. The van der Waals surface area contributed by atoms with Crippen LogP contribution in [0.15, 0.2) is 41.3 Å². The normalized spacial score (nSPS) is 11.2. The number of rotatable bonds is 2. The molecule has 4 rings (SSSR count). The third-order valence-electron chi connectivity index (χ3n) is 4.09. The van der Waals surface area contributed by atoms with Crippen molar-refractivity contribution in [3.05, 3.63) is 58.4 Å². The molecule has 0 radical (unpaired) electrons. The van der Waals surface area contributed by atoms with Gasteiger partial charge in [0.25, 0.3) is 11.3 Å². The first-order chi connectivity index (χ1) is 12.4. The van der Waals surface area contributed by atoms with Crippen LogP contribution in [0.2, 0.25) is 0 Å². The van der Waals surface area contributed by atoms with E-state index in [4.69, 9.17) is 0 Å². The van der Waals surface area contributed by atoms with Crippen molar-refractivity contribution in [3.8, 4) is 5.69 Å². The molecule has 0 aliphatic heterocycles. The first-order valence-corrected chi connectivity index (χ1v) is 8.07. The number of benzene rings is 1. The number of nitrogens with zero attached hydrogens (tertiary/aromatic N) is 5. The average Bonchev–Trinajstić information content (AvgIpc) is 2.95. The van der Waals surface area contributed by atoms with Crippen molar-refractivity contribution in [2.24, 2.45) is 0 Å². The molecule has 0 fully saturated rings. The van der Waals surface area contributed by atoms with E-state index < -0.39 is 0 Å². The Morgan fingerprint density at radius 3 is 2.50 bits per heavy atom. The number of hydrogen-bond acceptors (Lipinski definition) is 5. The van der Waals surface area contributed by atoms with Crippen molar-refractivity contribution in [3.63, 3.8) is 0 Å². The number of pyridine rings is 1. The summed E-state index contributed by atoms with van der Waals surface area (Å²) in [7, 11) is 0. The van der Waals surface area contributed by atoms with Crippen LogP contribution < -0.4 is 10.9 Å². The Kier molecular flexibility index (Phi) is 3.54. The van der Waals surface area contributed by atoms with Gasteiger partial charge in [0.15, 0.2) is 0 Å². The van der Waals surface area contributed by atoms with Gasteiger partial charge in [-0.1, -0.05) is 0 Å². The largest absolute Gasteiger partial charge is 0.326 e. The van der Waals surface area contributed by atoms with E-state index >= 15 is 0 Å². The van der Waals surface area contributed by atoms with Gasteiger partial charge >= 0.3 is 0 Å². The molecule has 1 N–H and O–H groups in total. The van der Waals surface area contributed by atoms with E-state index in [9.17, 15) is 9.59 Å². The molecule has 0 spiro atoms. The van der Waals surface area contributed by atoms with Crippen molar-refractivity contribution >= 4 is 28.3 Å². The Balaban J connectivity index is 1.90. The van der Waals surface area contributed by atoms with E-state index in [1.165, 1.54) is 6.92 Å². The zero-order valence-electron chi connectivity index (χ0n) is 14.5. The van der Waals surface area contributed by atoms with Crippen LogP contribution in [0.4, 0.5) is 5.69 Å². The van der Waals surface area contributed by atoms with Gasteiger partial charge in [0.05, 0.1) is 16.6 Å². The van der Waals surface area contributed by atoms with Gasteiger partial charge in [0.2, 0.25) is 5.91 Å². The van der Waals surface area contributed by atoms with Crippen molar-refractivity contribution in [2.45, 2.75) is 20.8 Å². The van der Waals surface area contributed by atoms with E-state index in [0.717, 1.165) is 0 Å². The lowest BCUT2D eigenvalue weighted by Crippen LogP contribution is -2.20. The van der Waals surface area contributed by atoms with E-state index in [1.54, 1.807) is 53.4 Å². The molecule has 1 amide bonds. The second kappa shape index (κ2) is 5.76. The molecular weight excluding hydrogens is 332 g/mol. The number of carbonyl (C=O) groups is 1. The topological polar surface area (TPSA) is 94.2 Å². The predicted molar refractivity (Wildman–Crippen MR) is 97.7 cm³/mol. The Morgan fingerprint density at radius 1 is 1.08 bits per heavy atom. The number of amides is 1. The highest BCUT2D eigenvalue weighted by atomic mass is 16.1. The monoisotopic (exact) mass is 348 g/mol. The van der Waals surface area contributed by atoms with Crippen molar-refractivity contribution < 1.29 is 4.79 Å². The molecule has 0 aliphatic rings. The fourth-order valence-corrected chi connectivity index (χ4v) is 3.00. The molecule has 3 heterocycles. The summed E-state index contributed by atoms with van der Waals surface area (Å²) < 4.78 is 3.13. The fraction of sp³-hybridized carbons (Fsp3) is 0.167. The van der Waals surface area contributed by atoms with Gasteiger partial charge in [-0.3, -0.25) is 14.2 Å². The van der Waals surface area contributed by atoms with Crippen LogP contribution in [0.3, 0.4) is 0 Å². The highest BCUT2D eigenvalue weighted by Gasteiger charge is 2.14. The summed E-state index contributed by atoms with van der Waals surface area (Å²) in [5, 5.41) is 7.52. The number of nitrogens with one attached hydrogen (secondary N) is 1. The Morgan fingerprint density at radius 2 is 1.81 bits per heavy atom. The molecule has 0 unspecified atom stereocenters. The van der Waals surface area contributed by atoms with E-state index in [1.807, 2.05) is 6.07 Å². The Bertz CT molecular complexity index is 1220. The molecule has 0 atom stereocenters. The summed E-state index contributed by atoms with van der Waals surface area (Å²) in [5.41, 5.74) is 2.46. The summed E-state index contributed by atoms with van der Waals surface area (Å²) in [6, 6.07) is 8.89. The molecule has 4 aromatic rings. The molecular formula is C18H16N6O2. The van der Waals surface area contributed by atoms with Gasteiger partial charge in [-0.15, -0.1) is 5.10 Å².